The molecule has 0 saturated carbocycles. The lowest BCUT2D eigenvalue weighted by atomic mass is 9.94. The Morgan fingerprint density at radius 3 is 2.55 bits per heavy atom. The van der Waals surface area contributed by atoms with E-state index in [9.17, 15) is 22.8 Å². The van der Waals surface area contributed by atoms with E-state index in [0.717, 1.165) is 17.0 Å². The van der Waals surface area contributed by atoms with E-state index in [-0.39, 0.29) is 40.3 Å². The van der Waals surface area contributed by atoms with Crippen LogP contribution in [-0.2, 0) is 15.7 Å². The Morgan fingerprint density at radius 2 is 1.88 bits per heavy atom. The molecular weight excluding hydrogens is 484 g/mol. The van der Waals surface area contributed by atoms with Crippen molar-refractivity contribution in [2.24, 2.45) is 0 Å². The summed E-state index contributed by atoms with van der Waals surface area (Å²) in [6, 6.07) is 7.44. The first-order valence-electron chi connectivity index (χ1n) is 9.73. The summed E-state index contributed by atoms with van der Waals surface area (Å²) in [7, 11) is 1.40. The van der Waals surface area contributed by atoms with Gasteiger partial charge in [0.1, 0.15) is 12.4 Å². The molecule has 2 aromatic carbocycles. The van der Waals surface area contributed by atoms with Crippen LogP contribution in [0.2, 0.25) is 10.0 Å². The van der Waals surface area contributed by atoms with Gasteiger partial charge >= 0.3 is 18.2 Å². The van der Waals surface area contributed by atoms with Gasteiger partial charge in [0.2, 0.25) is 0 Å². The van der Waals surface area contributed by atoms with E-state index >= 15 is 0 Å². The van der Waals surface area contributed by atoms with Crippen LogP contribution in [0.15, 0.2) is 53.7 Å². The molecule has 176 valence electrons. The molecule has 0 radical (unpaired) electrons. The molecule has 0 saturated heterocycles. The summed E-state index contributed by atoms with van der Waals surface area (Å²) in [4.78, 5) is 26.7. The van der Waals surface area contributed by atoms with E-state index in [2.05, 4.69) is 5.32 Å². The monoisotopic (exact) mass is 502 g/mol. The number of carbonyl (C=O) groups excluding carboxylic acids is 2. The minimum absolute atomic E-state index is 0.0232. The van der Waals surface area contributed by atoms with E-state index in [1.807, 2.05) is 0 Å². The minimum Gasteiger partial charge on any atom is -0.487 e. The van der Waals surface area contributed by atoms with Crippen molar-refractivity contribution in [1.29, 1.82) is 0 Å². The van der Waals surface area contributed by atoms with Crippen LogP contribution in [0.4, 0.5) is 18.0 Å². The number of halogens is 5. The number of esters is 1. The van der Waals surface area contributed by atoms with Gasteiger partial charge in [-0.25, -0.2) is 9.59 Å². The number of alkyl halides is 3. The Bertz CT molecular complexity index is 1110. The number of nitrogens with one attached hydrogen (secondary N) is 1. The van der Waals surface area contributed by atoms with Crippen molar-refractivity contribution in [2.45, 2.75) is 19.1 Å². The van der Waals surface area contributed by atoms with E-state index in [0.29, 0.717) is 5.56 Å². The van der Waals surface area contributed by atoms with Crippen molar-refractivity contribution in [3.8, 4) is 5.75 Å². The molecule has 11 heteroatoms. The number of rotatable bonds is 6. The molecule has 2 amide bonds. The summed E-state index contributed by atoms with van der Waals surface area (Å²) in [5.41, 5.74) is -0.408. The molecule has 0 fully saturated rings. The number of hydrogen-bond donors (Lipinski definition) is 1. The molecule has 0 aliphatic carbocycles. The highest BCUT2D eigenvalue weighted by Crippen LogP contribution is 2.38. The third-order valence-corrected chi connectivity index (χ3v) is 5.74. The van der Waals surface area contributed by atoms with Crippen molar-refractivity contribution in [3.05, 3.63) is 74.9 Å². The number of amides is 2. The molecule has 1 atom stereocenters. The molecule has 0 bridgehead atoms. The summed E-state index contributed by atoms with van der Waals surface area (Å²) in [5, 5.41) is 3.03. The van der Waals surface area contributed by atoms with E-state index < -0.39 is 29.8 Å². The Labute approximate surface area is 197 Å². The lowest BCUT2D eigenvalue weighted by molar-refractivity contribution is -0.139. The highest BCUT2D eigenvalue weighted by atomic mass is 35.5. The number of ether oxygens (including phenoxy) is 2. The Kier molecular flexibility index (Phi) is 7.44. The van der Waals surface area contributed by atoms with Crippen LogP contribution >= 0.6 is 23.2 Å². The summed E-state index contributed by atoms with van der Waals surface area (Å²) >= 11 is 12.4. The summed E-state index contributed by atoms with van der Waals surface area (Å²) in [6.07, 6.45) is -4.55. The maximum absolute atomic E-state index is 13.0. The molecule has 33 heavy (non-hydrogen) atoms. The van der Waals surface area contributed by atoms with Gasteiger partial charge in [-0.05, 0) is 36.8 Å². The third kappa shape index (κ3) is 5.36. The predicted molar refractivity (Wildman–Crippen MR) is 116 cm³/mol. The molecule has 6 nitrogen and oxygen atoms in total. The Morgan fingerprint density at radius 1 is 1.18 bits per heavy atom. The van der Waals surface area contributed by atoms with Gasteiger partial charge in [-0.2, -0.15) is 13.2 Å². The zero-order valence-corrected chi connectivity index (χ0v) is 19.0. The van der Waals surface area contributed by atoms with Crippen LogP contribution in [0.5, 0.6) is 5.75 Å². The van der Waals surface area contributed by atoms with Gasteiger partial charge < -0.3 is 14.8 Å². The first kappa shape index (κ1) is 24.7. The molecule has 1 heterocycles. The lowest BCUT2D eigenvalue weighted by Gasteiger charge is -2.34. The van der Waals surface area contributed by atoms with Gasteiger partial charge in [-0.15, -0.1) is 0 Å². The van der Waals surface area contributed by atoms with E-state index in [4.69, 9.17) is 32.7 Å². The minimum atomic E-state index is -4.55. The molecule has 2 aromatic rings. The third-order valence-electron chi connectivity index (χ3n) is 4.90. The average molecular weight is 503 g/mol. The SMILES string of the molecule is CCOC(=O)C1=C(COc2cccc(C(F)(F)F)c2)N(C)C(=O)N[C@H]1c1cccc(Cl)c1Cl. The fourth-order valence-electron chi connectivity index (χ4n) is 3.27. The zero-order valence-electron chi connectivity index (χ0n) is 17.5. The van der Waals surface area contributed by atoms with E-state index in [1.54, 1.807) is 25.1 Å². The van der Waals surface area contributed by atoms with Crippen LogP contribution in [-0.4, -0.2) is 37.2 Å². The standard InChI is InChI=1S/C22H19Cl2F3N2O4/c1-3-32-20(30)17-16(11-33-13-7-4-6-12(10-13)22(25,26)27)29(2)21(31)28-19(17)14-8-5-9-15(23)18(14)24/h4-10,19H,3,11H2,1-2H3,(H,28,31)/t19-/m0/s1. The van der Waals surface area contributed by atoms with Gasteiger partial charge in [-0.1, -0.05) is 41.4 Å². The molecule has 3 rings (SSSR count). The number of urea groups is 1. The van der Waals surface area contributed by atoms with Crippen LogP contribution in [0.1, 0.15) is 24.1 Å². The Balaban J connectivity index is 2.06. The quantitative estimate of drug-likeness (QED) is 0.521. The highest BCUT2D eigenvalue weighted by molar-refractivity contribution is 6.42. The number of nitrogens with zero attached hydrogens (tertiary/aromatic N) is 1. The van der Waals surface area contributed by atoms with Crippen LogP contribution < -0.4 is 10.1 Å². The molecule has 0 unspecified atom stereocenters. The maximum Gasteiger partial charge on any atom is 0.416 e. The molecule has 1 aliphatic heterocycles. The normalized spacial score (nSPS) is 16.5. The first-order chi connectivity index (χ1) is 15.5. The topological polar surface area (TPSA) is 67.9 Å². The maximum atomic E-state index is 13.0. The van der Waals surface area contributed by atoms with Gasteiger partial charge in [0.15, 0.2) is 0 Å². The van der Waals surface area contributed by atoms with Gasteiger partial charge in [0.05, 0.1) is 39.5 Å². The van der Waals surface area contributed by atoms with Crippen molar-refractivity contribution >= 4 is 35.2 Å². The lowest BCUT2D eigenvalue weighted by Crippen LogP contribution is -2.48. The Hall–Kier alpha value is -2.91. The van der Waals surface area contributed by atoms with Crippen molar-refractivity contribution in [3.63, 3.8) is 0 Å². The van der Waals surface area contributed by atoms with Crippen LogP contribution in [0, 0.1) is 0 Å². The largest absolute Gasteiger partial charge is 0.487 e. The van der Waals surface area contributed by atoms with Crippen LogP contribution in [0.25, 0.3) is 0 Å². The molecular formula is C22H19Cl2F3N2O4. The molecule has 0 aromatic heterocycles. The van der Waals surface area contributed by atoms with Gasteiger partial charge in [0, 0.05) is 7.05 Å². The fourth-order valence-corrected chi connectivity index (χ4v) is 3.69. The number of benzene rings is 2. The number of likely N-dealkylation sites (N-methyl/N-ethyl adjacent to an activating group) is 1. The van der Waals surface area contributed by atoms with E-state index in [1.165, 1.54) is 19.2 Å². The number of hydrogen-bond acceptors (Lipinski definition) is 4. The number of carbonyl (C=O) groups is 2. The summed E-state index contributed by atoms with van der Waals surface area (Å²) in [6.45, 7) is 1.29. The second-order valence-corrected chi connectivity index (χ2v) is 7.76. The molecule has 1 N–H and O–H groups in total. The predicted octanol–water partition coefficient (Wildman–Crippen LogP) is 5.60. The zero-order chi connectivity index (χ0) is 24.3. The fraction of sp³-hybridized carbons (Fsp3) is 0.273. The van der Waals surface area contributed by atoms with Gasteiger partial charge in [-0.3, -0.25) is 4.90 Å². The van der Waals surface area contributed by atoms with Gasteiger partial charge in [0.25, 0.3) is 0 Å². The van der Waals surface area contributed by atoms with Crippen molar-refractivity contribution < 1.29 is 32.2 Å². The molecule has 1 aliphatic rings. The second-order valence-electron chi connectivity index (χ2n) is 6.98. The average Bonchev–Trinajstić information content (AvgIpc) is 2.76. The second kappa shape index (κ2) is 9.93. The van der Waals surface area contributed by atoms with Crippen molar-refractivity contribution in [2.75, 3.05) is 20.3 Å². The van der Waals surface area contributed by atoms with Crippen molar-refractivity contribution in [1.82, 2.24) is 10.2 Å². The summed E-state index contributed by atoms with van der Waals surface area (Å²) < 4.78 is 49.8. The van der Waals surface area contributed by atoms with Crippen LogP contribution in [0.3, 0.4) is 0 Å². The summed E-state index contributed by atoms with van der Waals surface area (Å²) in [5.74, 6) is -0.828. The smallest absolute Gasteiger partial charge is 0.416 e. The molecule has 0 spiro atoms. The first-order valence-corrected chi connectivity index (χ1v) is 10.5. The highest BCUT2D eigenvalue weighted by Gasteiger charge is 2.38.